The smallest absolute Gasteiger partial charge is 0.255 e. The van der Waals surface area contributed by atoms with Crippen LogP contribution in [-0.2, 0) is 10.0 Å². The third-order valence-corrected chi connectivity index (χ3v) is 8.25. The summed E-state index contributed by atoms with van der Waals surface area (Å²) >= 11 is 6.22. The lowest BCUT2D eigenvalue weighted by Crippen LogP contribution is -2.47. The van der Waals surface area contributed by atoms with Crippen molar-refractivity contribution >= 4 is 38.9 Å². The first kappa shape index (κ1) is 22.1. The van der Waals surface area contributed by atoms with Gasteiger partial charge in [-0.1, -0.05) is 11.6 Å². The number of sulfonamides is 1. The molecule has 0 aliphatic carbocycles. The van der Waals surface area contributed by atoms with Crippen LogP contribution in [0.3, 0.4) is 0 Å². The average Bonchev–Trinajstić information content (AvgIpc) is 3.29. The van der Waals surface area contributed by atoms with Crippen molar-refractivity contribution < 1.29 is 13.2 Å². The van der Waals surface area contributed by atoms with E-state index in [2.05, 4.69) is 15.1 Å². The number of anilines is 2. The van der Waals surface area contributed by atoms with E-state index < -0.39 is 10.0 Å². The Morgan fingerprint density at radius 1 is 0.935 bits per heavy atom. The third kappa shape index (κ3) is 4.87. The highest BCUT2D eigenvalue weighted by molar-refractivity contribution is 7.89. The molecule has 2 heterocycles. The molecule has 0 atom stereocenters. The molecule has 7 nitrogen and oxygen atoms in total. The van der Waals surface area contributed by atoms with Gasteiger partial charge in [-0.2, -0.15) is 4.31 Å². The standard InChI is InChI=1S/C22H27ClN4O3S/c1-25-12-14-27(15-13-25)31(29,30)21-16-17(4-9-20(21)23)22(28)24-18-5-7-19(8-6-18)26-10-2-3-11-26/h4-9,16H,2-3,10-15H2,1H3,(H,24,28). The first-order valence-corrected chi connectivity index (χ1v) is 12.3. The molecule has 0 spiro atoms. The fraction of sp³-hybridized carbons (Fsp3) is 0.409. The molecule has 2 aliphatic heterocycles. The second-order valence-corrected chi connectivity index (χ2v) is 10.4. The van der Waals surface area contributed by atoms with Crippen LogP contribution in [0.4, 0.5) is 11.4 Å². The zero-order valence-corrected chi connectivity index (χ0v) is 19.1. The minimum Gasteiger partial charge on any atom is -0.372 e. The summed E-state index contributed by atoms with van der Waals surface area (Å²) in [6, 6.07) is 12.1. The van der Waals surface area contributed by atoms with Gasteiger partial charge < -0.3 is 15.1 Å². The predicted molar refractivity (Wildman–Crippen MR) is 124 cm³/mol. The number of likely N-dealkylation sites (N-methyl/N-ethyl adjacent to an activating group) is 1. The lowest BCUT2D eigenvalue weighted by molar-refractivity contribution is 0.102. The molecule has 4 rings (SSSR count). The van der Waals surface area contributed by atoms with Crippen LogP contribution >= 0.6 is 11.6 Å². The van der Waals surface area contributed by atoms with Crippen LogP contribution < -0.4 is 10.2 Å². The van der Waals surface area contributed by atoms with Gasteiger partial charge >= 0.3 is 0 Å². The van der Waals surface area contributed by atoms with Crippen LogP contribution in [0.15, 0.2) is 47.4 Å². The van der Waals surface area contributed by atoms with Crippen LogP contribution in [0.25, 0.3) is 0 Å². The van der Waals surface area contributed by atoms with Crippen molar-refractivity contribution in [1.82, 2.24) is 9.21 Å². The summed E-state index contributed by atoms with van der Waals surface area (Å²) in [5, 5.41) is 2.96. The number of benzene rings is 2. The molecule has 2 aliphatic rings. The van der Waals surface area contributed by atoms with E-state index in [0.29, 0.717) is 31.9 Å². The van der Waals surface area contributed by atoms with Crippen molar-refractivity contribution in [3.05, 3.63) is 53.1 Å². The second kappa shape index (κ2) is 9.16. The summed E-state index contributed by atoms with van der Waals surface area (Å²) < 4.78 is 27.6. The molecular formula is C22H27ClN4O3S. The quantitative estimate of drug-likeness (QED) is 0.739. The maximum atomic E-state index is 13.1. The van der Waals surface area contributed by atoms with Gasteiger partial charge in [-0.25, -0.2) is 8.42 Å². The van der Waals surface area contributed by atoms with E-state index >= 15 is 0 Å². The maximum absolute atomic E-state index is 13.1. The largest absolute Gasteiger partial charge is 0.372 e. The van der Waals surface area contributed by atoms with Gasteiger partial charge in [-0.15, -0.1) is 0 Å². The number of halogens is 1. The molecule has 9 heteroatoms. The van der Waals surface area contributed by atoms with E-state index in [4.69, 9.17) is 11.6 Å². The molecule has 2 fully saturated rings. The number of carbonyl (C=O) groups is 1. The first-order valence-electron chi connectivity index (χ1n) is 10.5. The Morgan fingerprint density at radius 3 is 2.23 bits per heavy atom. The summed E-state index contributed by atoms with van der Waals surface area (Å²) in [6.07, 6.45) is 2.41. The molecule has 31 heavy (non-hydrogen) atoms. The lowest BCUT2D eigenvalue weighted by atomic mass is 10.2. The zero-order chi connectivity index (χ0) is 22.0. The van der Waals surface area contributed by atoms with E-state index in [0.717, 1.165) is 18.8 Å². The molecule has 0 radical (unpaired) electrons. The predicted octanol–water partition coefficient (Wildman–Crippen LogP) is 3.13. The minimum absolute atomic E-state index is 0.0317. The van der Waals surface area contributed by atoms with Crippen molar-refractivity contribution in [2.24, 2.45) is 0 Å². The number of amides is 1. The molecular weight excluding hydrogens is 436 g/mol. The fourth-order valence-corrected chi connectivity index (χ4v) is 5.87. The Balaban J connectivity index is 1.50. The SMILES string of the molecule is CN1CCN(S(=O)(=O)c2cc(C(=O)Nc3ccc(N4CCCC4)cc3)ccc2Cl)CC1. The maximum Gasteiger partial charge on any atom is 0.255 e. The normalized spacial score (nSPS) is 18.3. The topological polar surface area (TPSA) is 73.0 Å². The van der Waals surface area contributed by atoms with Gasteiger partial charge in [0.2, 0.25) is 10.0 Å². The van der Waals surface area contributed by atoms with E-state index in [1.54, 1.807) is 6.07 Å². The van der Waals surface area contributed by atoms with Gasteiger partial charge in [0, 0.05) is 56.2 Å². The van der Waals surface area contributed by atoms with Gasteiger partial charge in [-0.05, 0) is 62.4 Å². The van der Waals surface area contributed by atoms with Gasteiger partial charge in [-0.3, -0.25) is 4.79 Å². The highest BCUT2D eigenvalue weighted by Crippen LogP contribution is 2.27. The molecule has 0 saturated carbocycles. The molecule has 166 valence electrons. The Hall–Kier alpha value is -2.13. The van der Waals surface area contributed by atoms with E-state index in [1.807, 2.05) is 31.3 Å². The summed E-state index contributed by atoms with van der Waals surface area (Å²) in [5.41, 5.74) is 2.05. The molecule has 2 aromatic rings. The highest BCUT2D eigenvalue weighted by Gasteiger charge is 2.30. The van der Waals surface area contributed by atoms with Crippen LogP contribution in [0.2, 0.25) is 5.02 Å². The molecule has 1 amide bonds. The Kier molecular flexibility index (Phi) is 6.52. The monoisotopic (exact) mass is 462 g/mol. The number of hydrogen-bond donors (Lipinski definition) is 1. The highest BCUT2D eigenvalue weighted by atomic mass is 35.5. The molecule has 0 bridgehead atoms. The molecule has 1 N–H and O–H groups in total. The number of carbonyl (C=O) groups excluding carboxylic acids is 1. The Bertz CT molecular complexity index is 1040. The number of hydrogen-bond acceptors (Lipinski definition) is 5. The Morgan fingerprint density at radius 2 is 1.58 bits per heavy atom. The van der Waals surface area contributed by atoms with Gasteiger partial charge in [0.05, 0.1) is 5.02 Å². The summed E-state index contributed by atoms with van der Waals surface area (Å²) in [6.45, 7) is 4.22. The lowest BCUT2D eigenvalue weighted by Gasteiger charge is -2.31. The van der Waals surface area contributed by atoms with Crippen molar-refractivity contribution in [3.63, 3.8) is 0 Å². The zero-order valence-electron chi connectivity index (χ0n) is 17.6. The van der Waals surface area contributed by atoms with E-state index in [9.17, 15) is 13.2 Å². The van der Waals surface area contributed by atoms with Crippen molar-refractivity contribution in [1.29, 1.82) is 0 Å². The van der Waals surface area contributed by atoms with Gasteiger partial charge in [0.25, 0.3) is 5.91 Å². The van der Waals surface area contributed by atoms with Crippen molar-refractivity contribution in [2.45, 2.75) is 17.7 Å². The van der Waals surface area contributed by atoms with Crippen LogP contribution in [0.5, 0.6) is 0 Å². The molecule has 0 aromatic heterocycles. The van der Waals surface area contributed by atoms with Gasteiger partial charge in [0.1, 0.15) is 4.90 Å². The summed E-state index contributed by atoms with van der Waals surface area (Å²) in [4.78, 5) is 17.1. The second-order valence-electron chi connectivity index (χ2n) is 8.05. The minimum atomic E-state index is -3.77. The number of piperazine rings is 1. The third-order valence-electron chi connectivity index (χ3n) is 5.87. The van der Waals surface area contributed by atoms with Crippen LogP contribution in [0.1, 0.15) is 23.2 Å². The van der Waals surface area contributed by atoms with Crippen molar-refractivity contribution in [2.75, 3.05) is 56.5 Å². The first-order chi connectivity index (χ1) is 14.8. The fourth-order valence-electron chi connectivity index (χ4n) is 3.94. The molecule has 0 unspecified atom stereocenters. The van der Waals surface area contributed by atoms with E-state index in [-0.39, 0.29) is 21.4 Å². The number of rotatable bonds is 5. The molecule has 2 saturated heterocycles. The Labute approximate surface area is 188 Å². The van der Waals surface area contributed by atoms with Gasteiger partial charge in [0.15, 0.2) is 0 Å². The van der Waals surface area contributed by atoms with E-state index in [1.165, 1.54) is 29.3 Å². The number of nitrogens with zero attached hydrogens (tertiary/aromatic N) is 3. The average molecular weight is 463 g/mol. The molecule has 2 aromatic carbocycles. The number of nitrogens with one attached hydrogen (secondary N) is 1. The van der Waals surface area contributed by atoms with Crippen molar-refractivity contribution in [3.8, 4) is 0 Å². The van der Waals surface area contributed by atoms with Crippen LogP contribution in [0, 0.1) is 0 Å². The summed E-state index contributed by atoms with van der Waals surface area (Å²) in [7, 11) is -1.81. The van der Waals surface area contributed by atoms with Crippen LogP contribution in [-0.4, -0.2) is 69.8 Å². The summed E-state index contributed by atoms with van der Waals surface area (Å²) in [5.74, 6) is -0.375.